The highest BCUT2D eigenvalue weighted by molar-refractivity contribution is 6.11. The lowest BCUT2D eigenvalue weighted by Crippen LogP contribution is -2.29. The minimum Gasteiger partial charge on any atom is -0.493 e. The Morgan fingerprint density at radius 3 is 2.36 bits per heavy atom. The van der Waals surface area contributed by atoms with Crippen LogP contribution in [0, 0.1) is 0 Å². The van der Waals surface area contributed by atoms with Gasteiger partial charge in [-0.25, -0.2) is 19.9 Å². The number of hydrogen-bond donors (Lipinski definition) is 0. The molecule has 10 heteroatoms. The van der Waals surface area contributed by atoms with Gasteiger partial charge in [0.15, 0.2) is 34.6 Å². The summed E-state index contributed by atoms with van der Waals surface area (Å²) in [4.78, 5) is 33.0. The van der Waals surface area contributed by atoms with E-state index in [2.05, 4.69) is 19.9 Å². The van der Waals surface area contributed by atoms with E-state index in [1.807, 2.05) is 24.3 Å². The summed E-state index contributed by atoms with van der Waals surface area (Å²) in [5.74, 6) is 3.13. The Labute approximate surface area is 206 Å². The van der Waals surface area contributed by atoms with Crippen LogP contribution >= 0.6 is 0 Å². The predicted octanol–water partition coefficient (Wildman–Crippen LogP) is 3.47. The van der Waals surface area contributed by atoms with E-state index in [0.717, 1.165) is 11.1 Å². The number of methoxy groups -OCH3 is 2. The van der Waals surface area contributed by atoms with Gasteiger partial charge < -0.3 is 18.9 Å². The van der Waals surface area contributed by atoms with Gasteiger partial charge in [0.1, 0.15) is 19.0 Å². The van der Waals surface area contributed by atoms with E-state index in [9.17, 15) is 4.79 Å². The molecule has 2 aromatic carbocycles. The number of nitrogens with zero attached hydrogens (tertiary/aromatic N) is 5. The molecule has 0 saturated carbocycles. The molecule has 0 bridgehead atoms. The molecule has 180 valence electrons. The van der Waals surface area contributed by atoms with Gasteiger partial charge in [0.25, 0.3) is 5.91 Å². The maximum Gasteiger partial charge on any atom is 0.260 e. The van der Waals surface area contributed by atoms with Crippen LogP contribution in [0.5, 0.6) is 23.0 Å². The highest BCUT2D eigenvalue weighted by Crippen LogP contribution is 2.46. The van der Waals surface area contributed by atoms with Crippen LogP contribution in [0.2, 0.25) is 0 Å². The van der Waals surface area contributed by atoms with Gasteiger partial charge in [-0.1, -0.05) is 6.07 Å². The average molecular weight is 483 g/mol. The van der Waals surface area contributed by atoms with Crippen molar-refractivity contribution >= 4 is 11.7 Å². The molecule has 0 spiro atoms. The van der Waals surface area contributed by atoms with Crippen molar-refractivity contribution in [1.29, 1.82) is 0 Å². The zero-order valence-corrected chi connectivity index (χ0v) is 19.5. The van der Waals surface area contributed by atoms with Crippen molar-refractivity contribution in [2.75, 3.05) is 32.3 Å². The summed E-state index contributed by atoms with van der Waals surface area (Å²) >= 11 is 0. The number of aromatic nitrogens is 4. The molecule has 2 aliphatic rings. The van der Waals surface area contributed by atoms with E-state index in [1.165, 1.54) is 7.11 Å². The highest BCUT2D eigenvalue weighted by Gasteiger charge is 2.41. The van der Waals surface area contributed by atoms with Crippen LogP contribution < -0.4 is 23.8 Å². The second kappa shape index (κ2) is 8.81. The maximum absolute atomic E-state index is 13.9. The second-order valence-electron chi connectivity index (χ2n) is 8.09. The number of amides is 1. The molecule has 2 aliphatic heterocycles. The first-order chi connectivity index (χ1) is 17.7. The van der Waals surface area contributed by atoms with E-state index in [1.54, 1.807) is 48.8 Å². The lowest BCUT2D eigenvalue weighted by atomic mass is 9.96. The topological polar surface area (TPSA) is 109 Å². The number of benzene rings is 2. The zero-order valence-electron chi connectivity index (χ0n) is 19.5. The molecule has 4 heterocycles. The molecule has 10 nitrogen and oxygen atoms in total. The van der Waals surface area contributed by atoms with Gasteiger partial charge in [-0.15, -0.1) is 0 Å². The molecular formula is C26H21N5O5. The van der Waals surface area contributed by atoms with Gasteiger partial charge >= 0.3 is 0 Å². The SMILES string of the molecule is COc1cc2c(cc1OC)C(c1ccc3c(c1)OCCO3)N(c1ccnc(-c3ncccn3)n1)C2=O. The van der Waals surface area contributed by atoms with Crippen molar-refractivity contribution < 1.29 is 23.7 Å². The number of anilines is 1. The van der Waals surface area contributed by atoms with Crippen LogP contribution in [0.4, 0.5) is 5.82 Å². The summed E-state index contributed by atoms with van der Waals surface area (Å²) < 4.78 is 22.5. The Morgan fingerprint density at radius 2 is 1.58 bits per heavy atom. The van der Waals surface area contributed by atoms with Crippen LogP contribution in [0.25, 0.3) is 11.6 Å². The number of carbonyl (C=O) groups is 1. The Kier molecular flexibility index (Phi) is 5.33. The molecule has 1 amide bonds. The van der Waals surface area contributed by atoms with Gasteiger partial charge in [0.2, 0.25) is 0 Å². The van der Waals surface area contributed by atoms with Crippen molar-refractivity contribution in [2.45, 2.75) is 6.04 Å². The Balaban J connectivity index is 1.53. The standard InChI is InChI=1S/C26H21N5O5/c1-33-19-13-16-17(14-20(19)34-2)26(32)31(22-6-9-29-25(30-22)24-27-7-3-8-28-24)23(16)15-4-5-18-21(12-15)36-11-10-35-18/h3-9,12-14,23H,10-11H2,1-2H3. The van der Waals surface area contributed by atoms with Gasteiger partial charge in [-0.2, -0.15) is 0 Å². The molecule has 6 rings (SSSR count). The van der Waals surface area contributed by atoms with Crippen molar-refractivity contribution in [3.8, 4) is 34.6 Å². The Hall–Kier alpha value is -4.73. The third-order valence-corrected chi connectivity index (χ3v) is 6.09. The van der Waals surface area contributed by atoms with E-state index in [4.69, 9.17) is 18.9 Å². The minimum atomic E-state index is -0.512. The number of ether oxygens (including phenoxy) is 4. The fraction of sp³-hybridized carbons (Fsp3) is 0.192. The smallest absolute Gasteiger partial charge is 0.260 e. The van der Waals surface area contributed by atoms with Gasteiger partial charge in [0, 0.05) is 24.2 Å². The molecule has 0 saturated heterocycles. The first kappa shape index (κ1) is 21.8. The molecular weight excluding hydrogens is 462 g/mol. The van der Waals surface area contributed by atoms with E-state index >= 15 is 0 Å². The molecule has 1 unspecified atom stereocenters. The summed E-state index contributed by atoms with van der Waals surface area (Å²) in [5.41, 5.74) is 2.07. The summed E-state index contributed by atoms with van der Waals surface area (Å²) in [7, 11) is 3.10. The second-order valence-corrected chi connectivity index (χ2v) is 8.09. The van der Waals surface area contributed by atoms with Crippen LogP contribution in [-0.4, -0.2) is 53.3 Å². The van der Waals surface area contributed by atoms with Crippen LogP contribution in [0.15, 0.2) is 61.1 Å². The normalized spacial score (nSPS) is 16.0. The highest BCUT2D eigenvalue weighted by atomic mass is 16.6. The number of carbonyl (C=O) groups excluding carboxylic acids is 1. The van der Waals surface area contributed by atoms with E-state index < -0.39 is 6.04 Å². The van der Waals surface area contributed by atoms with Crippen molar-refractivity contribution in [2.24, 2.45) is 0 Å². The summed E-state index contributed by atoms with van der Waals surface area (Å²) in [5, 5.41) is 0. The maximum atomic E-state index is 13.9. The van der Waals surface area contributed by atoms with Crippen molar-refractivity contribution in [1.82, 2.24) is 19.9 Å². The van der Waals surface area contributed by atoms with Crippen molar-refractivity contribution in [3.63, 3.8) is 0 Å². The summed E-state index contributed by atoms with van der Waals surface area (Å²) in [6.07, 6.45) is 4.82. The fourth-order valence-corrected chi connectivity index (χ4v) is 4.49. The first-order valence-electron chi connectivity index (χ1n) is 11.3. The van der Waals surface area contributed by atoms with Crippen LogP contribution in [0.3, 0.4) is 0 Å². The third-order valence-electron chi connectivity index (χ3n) is 6.09. The number of rotatable bonds is 5. The molecule has 0 radical (unpaired) electrons. The first-order valence-corrected chi connectivity index (χ1v) is 11.3. The van der Waals surface area contributed by atoms with Gasteiger partial charge in [-0.3, -0.25) is 9.69 Å². The largest absolute Gasteiger partial charge is 0.493 e. The van der Waals surface area contributed by atoms with E-state index in [0.29, 0.717) is 59.2 Å². The lowest BCUT2D eigenvalue weighted by molar-refractivity contribution is 0.0992. The van der Waals surface area contributed by atoms with Crippen molar-refractivity contribution in [3.05, 3.63) is 77.7 Å². The number of fused-ring (bicyclic) bond motifs is 2. The molecule has 0 fully saturated rings. The third kappa shape index (κ3) is 3.54. The molecule has 1 atom stereocenters. The minimum absolute atomic E-state index is 0.232. The number of hydrogen-bond acceptors (Lipinski definition) is 9. The molecule has 36 heavy (non-hydrogen) atoms. The Morgan fingerprint density at radius 1 is 0.861 bits per heavy atom. The van der Waals surface area contributed by atoms with Crippen LogP contribution in [-0.2, 0) is 0 Å². The summed E-state index contributed by atoms with van der Waals surface area (Å²) in [6.45, 7) is 0.948. The fourth-order valence-electron chi connectivity index (χ4n) is 4.49. The summed E-state index contributed by atoms with van der Waals surface area (Å²) in [6, 6.07) is 12.1. The van der Waals surface area contributed by atoms with E-state index in [-0.39, 0.29) is 5.91 Å². The average Bonchev–Trinajstić information content (AvgIpc) is 3.23. The lowest BCUT2D eigenvalue weighted by Gasteiger charge is -2.27. The van der Waals surface area contributed by atoms with Crippen LogP contribution in [0.1, 0.15) is 27.5 Å². The Bertz CT molecular complexity index is 1460. The quantitative estimate of drug-likeness (QED) is 0.421. The molecule has 2 aromatic heterocycles. The molecule has 0 aliphatic carbocycles. The molecule has 0 N–H and O–H groups in total. The zero-order chi connectivity index (χ0) is 24.6. The monoisotopic (exact) mass is 483 g/mol. The predicted molar refractivity (Wildman–Crippen MR) is 129 cm³/mol. The molecule has 4 aromatic rings. The van der Waals surface area contributed by atoms with Gasteiger partial charge in [0.05, 0.1) is 20.3 Å². The van der Waals surface area contributed by atoms with Gasteiger partial charge in [-0.05, 0) is 47.5 Å².